The highest BCUT2D eigenvalue weighted by Crippen LogP contribution is 2.22. The van der Waals surface area contributed by atoms with Gasteiger partial charge in [0, 0.05) is 32.1 Å². The first kappa shape index (κ1) is 13.9. The molecular formula is C16H20N2O3. The molecule has 1 aromatic carbocycles. The van der Waals surface area contributed by atoms with E-state index in [4.69, 9.17) is 5.11 Å². The third kappa shape index (κ3) is 3.01. The van der Waals surface area contributed by atoms with Gasteiger partial charge < -0.3 is 14.9 Å². The van der Waals surface area contributed by atoms with Gasteiger partial charge in [0.25, 0.3) is 0 Å². The maximum Gasteiger partial charge on any atom is 0.320 e. The average Bonchev–Trinajstić information content (AvgIpc) is 2.64. The molecule has 5 heteroatoms. The van der Waals surface area contributed by atoms with E-state index < -0.39 is 5.97 Å². The number of benzene rings is 1. The minimum atomic E-state index is -0.780. The van der Waals surface area contributed by atoms with Gasteiger partial charge in [0.05, 0.1) is 6.42 Å². The average molecular weight is 288 g/mol. The summed E-state index contributed by atoms with van der Waals surface area (Å²) in [5.41, 5.74) is 2.67. The van der Waals surface area contributed by atoms with Gasteiger partial charge in [-0.25, -0.2) is 4.79 Å². The maximum absolute atomic E-state index is 12.4. The van der Waals surface area contributed by atoms with Gasteiger partial charge in [0.1, 0.15) is 0 Å². The Balaban J connectivity index is 1.55. The van der Waals surface area contributed by atoms with Crippen LogP contribution >= 0.6 is 0 Å². The van der Waals surface area contributed by atoms with Crippen LogP contribution in [-0.2, 0) is 17.6 Å². The predicted molar refractivity (Wildman–Crippen MR) is 78.1 cm³/mol. The molecule has 0 unspecified atom stereocenters. The van der Waals surface area contributed by atoms with Gasteiger partial charge in [-0.15, -0.1) is 0 Å². The molecule has 0 aliphatic carbocycles. The van der Waals surface area contributed by atoms with Gasteiger partial charge in [-0.1, -0.05) is 24.3 Å². The van der Waals surface area contributed by atoms with Gasteiger partial charge in [0.2, 0.25) is 0 Å². The summed E-state index contributed by atoms with van der Waals surface area (Å²) in [6, 6.07) is 8.42. The molecule has 0 spiro atoms. The van der Waals surface area contributed by atoms with E-state index in [0.29, 0.717) is 13.1 Å². The fourth-order valence-electron chi connectivity index (χ4n) is 3.16. The zero-order valence-corrected chi connectivity index (χ0v) is 12.0. The Hall–Kier alpha value is -2.04. The van der Waals surface area contributed by atoms with Crippen molar-refractivity contribution in [1.29, 1.82) is 0 Å². The molecule has 2 amide bonds. The highest BCUT2D eigenvalue weighted by molar-refractivity contribution is 5.76. The molecule has 5 nitrogen and oxygen atoms in total. The number of carbonyl (C=O) groups excluding carboxylic acids is 1. The fraction of sp³-hybridized carbons (Fsp3) is 0.500. The molecule has 2 aliphatic heterocycles. The second kappa shape index (κ2) is 5.76. The van der Waals surface area contributed by atoms with Crippen LogP contribution in [0.3, 0.4) is 0 Å². The Morgan fingerprint density at radius 1 is 1.05 bits per heavy atom. The summed E-state index contributed by atoms with van der Waals surface area (Å²) < 4.78 is 0. The monoisotopic (exact) mass is 288 g/mol. The van der Waals surface area contributed by atoms with Crippen LogP contribution in [0.2, 0.25) is 0 Å². The number of amides is 2. The Kier molecular flexibility index (Phi) is 3.82. The van der Waals surface area contributed by atoms with Crippen molar-refractivity contribution in [2.24, 2.45) is 5.92 Å². The number of carboxylic acid groups (broad SMARTS) is 1. The van der Waals surface area contributed by atoms with Crippen molar-refractivity contribution in [3.63, 3.8) is 0 Å². The maximum atomic E-state index is 12.4. The van der Waals surface area contributed by atoms with Gasteiger partial charge >= 0.3 is 12.0 Å². The summed E-state index contributed by atoms with van der Waals surface area (Å²) in [6.07, 6.45) is 1.96. The first-order chi connectivity index (χ1) is 10.1. The number of aliphatic carboxylic acids is 1. The van der Waals surface area contributed by atoms with Crippen LogP contribution in [-0.4, -0.2) is 53.1 Å². The molecule has 2 aliphatic rings. The van der Waals surface area contributed by atoms with Crippen LogP contribution in [0, 0.1) is 5.92 Å². The number of hydrogen-bond acceptors (Lipinski definition) is 2. The van der Waals surface area contributed by atoms with Crippen molar-refractivity contribution in [1.82, 2.24) is 9.80 Å². The van der Waals surface area contributed by atoms with Crippen LogP contribution in [0.1, 0.15) is 17.5 Å². The topological polar surface area (TPSA) is 60.9 Å². The first-order valence-electron chi connectivity index (χ1n) is 7.46. The number of rotatable bonds is 2. The van der Waals surface area contributed by atoms with E-state index in [1.807, 2.05) is 17.0 Å². The standard InChI is InChI=1S/C16H20N2O3/c19-15(20)9-12-10-18(11-12)16(21)17-7-5-13-3-1-2-4-14(13)6-8-17/h1-4,12H,5-11H2,(H,19,20). The van der Waals surface area contributed by atoms with Crippen molar-refractivity contribution in [2.45, 2.75) is 19.3 Å². The molecule has 1 fully saturated rings. The molecule has 21 heavy (non-hydrogen) atoms. The molecule has 0 aromatic heterocycles. The molecule has 2 heterocycles. The van der Waals surface area contributed by atoms with Crippen LogP contribution in [0.4, 0.5) is 4.79 Å². The second-order valence-corrected chi connectivity index (χ2v) is 5.91. The predicted octanol–water partition coefficient (Wildman–Crippen LogP) is 1.61. The molecule has 1 aromatic rings. The SMILES string of the molecule is O=C(O)CC1CN(C(=O)N2CCc3ccccc3CC2)C1. The van der Waals surface area contributed by atoms with E-state index in [2.05, 4.69) is 12.1 Å². The van der Waals surface area contributed by atoms with Crippen molar-refractivity contribution < 1.29 is 14.7 Å². The van der Waals surface area contributed by atoms with Crippen molar-refractivity contribution >= 4 is 12.0 Å². The lowest BCUT2D eigenvalue weighted by atomic mass is 9.97. The minimum absolute atomic E-state index is 0.0597. The largest absolute Gasteiger partial charge is 0.481 e. The molecule has 0 radical (unpaired) electrons. The number of carbonyl (C=O) groups is 2. The highest BCUT2D eigenvalue weighted by atomic mass is 16.4. The molecule has 1 N–H and O–H groups in total. The van der Waals surface area contributed by atoms with Crippen molar-refractivity contribution in [3.8, 4) is 0 Å². The lowest BCUT2D eigenvalue weighted by Crippen LogP contribution is -2.55. The number of urea groups is 1. The Morgan fingerprint density at radius 3 is 2.14 bits per heavy atom. The summed E-state index contributed by atoms with van der Waals surface area (Å²) >= 11 is 0. The van der Waals surface area contributed by atoms with Crippen LogP contribution in [0.15, 0.2) is 24.3 Å². The Morgan fingerprint density at radius 2 is 1.62 bits per heavy atom. The lowest BCUT2D eigenvalue weighted by molar-refractivity contribution is -0.139. The van der Waals surface area contributed by atoms with Crippen LogP contribution in [0.25, 0.3) is 0 Å². The van der Waals surface area contributed by atoms with E-state index in [1.54, 1.807) is 4.90 Å². The molecule has 112 valence electrons. The van der Waals surface area contributed by atoms with Gasteiger partial charge in [0.15, 0.2) is 0 Å². The second-order valence-electron chi connectivity index (χ2n) is 5.91. The Bertz CT molecular complexity index is 525. The highest BCUT2D eigenvalue weighted by Gasteiger charge is 2.34. The zero-order valence-electron chi connectivity index (χ0n) is 12.0. The normalized spacial score (nSPS) is 18.7. The number of hydrogen-bond donors (Lipinski definition) is 1. The number of likely N-dealkylation sites (tertiary alicyclic amines) is 1. The van der Waals surface area contributed by atoms with Gasteiger partial charge in [-0.2, -0.15) is 0 Å². The van der Waals surface area contributed by atoms with E-state index in [0.717, 1.165) is 25.9 Å². The van der Waals surface area contributed by atoms with Crippen molar-refractivity contribution in [2.75, 3.05) is 26.2 Å². The molecule has 0 saturated carbocycles. The molecule has 3 rings (SSSR count). The minimum Gasteiger partial charge on any atom is -0.481 e. The molecule has 1 saturated heterocycles. The number of carboxylic acids is 1. The van der Waals surface area contributed by atoms with Crippen LogP contribution < -0.4 is 0 Å². The lowest BCUT2D eigenvalue weighted by Gasteiger charge is -2.41. The Labute approximate surface area is 124 Å². The van der Waals surface area contributed by atoms with Gasteiger partial charge in [-0.3, -0.25) is 4.79 Å². The fourth-order valence-corrected chi connectivity index (χ4v) is 3.16. The third-order valence-electron chi connectivity index (χ3n) is 4.38. The zero-order chi connectivity index (χ0) is 14.8. The molecule has 0 bridgehead atoms. The van der Waals surface area contributed by atoms with Crippen LogP contribution in [0.5, 0.6) is 0 Å². The van der Waals surface area contributed by atoms with Gasteiger partial charge in [-0.05, 0) is 24.0 Å². The van der Waals surface area contributed by atoms with E-state index >= 15 is 0 Å². The molecule has 0 atom stereocenters. The number of nitrogens with zero attached hydrogens (tertiary/aromatic N) is 2. The smallest absolute Gasteiger partial charge is 0.320 e. The first-order valence-corrected chi connectivity index (χ1v) is 7.46. The van der Waals surface area contributed by atoms with E-state index in [9.17, 15) is 9.59 Å². The third-order valence-corrected chi connectivity index (χ3v) is 4.38. The summed E-state index contributed by atoms with van der Waals surface area (Å²) in [4.78, 5) is 26.7. The van der Waals surface area contributed by atoms with E-state index in [1.165, 1.54) is 11.1 Å². The summed E-state index contributed by atoms with van der Waals surface area (Å²) in [6.45, 7) is 2.65. The molecular weight excluding hydrogens is 268 g/mol. The quantitative estimate of drug-likeness (QED) is 0.899. The number of fused-ring (bicyclic) bond motifs is 1. The van der Waals surface area contributed by atoms with Crippen molar-refractivity contribution in [3.05, 3.63) is 35.4 Å². The summed E-state index contributed by atoms with van der Waals surface area (Å²) in [5.74, 6) is -0.659. The summed E-state index contributed by atoms with van der Waals surface area (Å²) in [7, 11) is 0. The van der Waals surface area contributed by atoms with E-state index in [-0.39, 0.29) is 18.4 Å². The summed E-state index contributed by atoms with van der Waals surface area (Å²) in [5, 5.41) is 8.75.